The average molecular weight is 276 g/mol. The molecule has 0 aromatic heterocycles. The lowest BCUT2D eigenvalue weighted by Gasteiger charge is -2.24. The molecule has 110 valence electrons. The number of ether oxygens (including phenoxy) is 1. The Labute approximate surface area is 121 Å². The maximum absolute atomic E-state index is 9.20. The van der Waals surface area contributed by atoms with Gasteiger partial charge in [-0.15, -0.1) is 0 Å². The molecule has 0 aliphatic carbocycles. The minimum absolute atomic E-state index is 0.164. The number of aliphatic hydroxyl groups is 1. The van der Waals surface area contributed by atoms with Gasteiger partial charge in [0.2, 0.25) is 0 Å². The molecule has 1 atom stereocenters. The van der Waals surface area contributed by atoms with Crippen molar-refractivity contribution in [1.82, 2.24) is 5.32 Å². The zero-order valence-electron chi connectivity index (χ0n) is 12.4. The van der Waals surface area contributed by atoms with E-state index in [-0.39, 0.29) is 6.61 Å². The summed E-state index contributed by atoms with van der Waals surface area (Å²) in [5.74, 6) is 0.829. The van der Waals surface area contributed by atoms with Crippen molar-refractivity contribution in [3.05, 3.63) is 29.8 Å². The first-order valence-corrected chi connectivity index (χ1v) is 7.12. The summed E-state index contributed by atoms with van der Waals surface area (Å²) in [6, 6.07) is 10.1. The van der Waals surface area contributed by atoms with Crippen LogP contribution in [0.4, 0.5) is 0 Å². The van der Waals surface area contributed by atoms with Gasteiger partial charge < -0.3 is 15.2 Å². The molecule has 1 aromatic carbocycles. The highest BCUT2D eigenvalue weighted by molar-refractivity contribution is 5.27. The van der Waals surface area contributed by atoms with E-state index < -0.39 is 5.54 Å². The number of nitriles is 1. The van der Waals surface area contributed by atoms with Crippen molar-refractivity contribution < 1.29 is 9.84 Å². The van der Waals surface area contributed by atoms with Gasteiger partial charge >= 0.3 is 0 Å². The van der Waals surface area contributed by atoms with E-state index in [9.17, 15) is 5.26 Å². The minimum Gasteiger partial charge on any atom is -0.494 e. The predicted octanol–water partition coefficient (Wildman–Crippen LogP) is 2.27. The number of benzene rings is 1. The van der Waals surface area contributed by atoms with Crippen molar-refractivity contribution >= 4 is 0 Å². The van der Waals surface area contributed by atoms with E-state index in [1.54, 1.807) is 0 Å². The Hall–Kier alpha value is -1.57. The maximum atomic E-state index is 9.20. The predicted molar refractivity (Wildman–Crippen MR) is 79.7 cm³/mol. The van der Waals surface area contributed by atoms with Crippen LogP contribution in [0.15, 0.2) is 24.3 Å². The van der Waals surface area contributed by atoms with Gasteiger partial charge in [0, 0.05) is 6.61 Å². The van der Waals surface area contributed by atoms with E-state index >= 15 is 0 Å². The third kappa shape index (κ3) is 4.84. The lowest BCUT2D eigenvalue weighted by atomic mass is 9.92. The molecular formula is C16H24N2O2. The van der Waals surface area contributed by atoms with Gasteiger partial charge in [-0.05, 0) is 50.4 Å². The Morgan fingerprint density at radius 2 is 2.05 bits per heavy atom. The largest absolute Gasteiger partial charge is 0.494 e. The molecule has 0 bridgehead atoms. The fourth-order valence-electron chi connectivity index (χ4n) is 2.11. The van der Waals surface area contributed by atoms with Crippen LogP contribution < -0.4 is 10.1 Å². The molecule has 0 radical (unpaired) electrons. The first kappa shape index (κ1) is 16.5. The van der Waals surface area contributed by atoms with Crippen molar-refractivity contribution in [1.29, 1.82) is 5.26 Å². The topological polar surface area (TPSA) is 65.3 Å². The maximum Gasteiger partial charge on any atom is 0.119 e. The first-order chi connectivity index (χ1) is 9.69. The highest BCUT2D eigenvalue weighted by atomic mass is 16.5. The zero-order valence-corrected chi connectivity index (χ0v) is 12.4. The van der Waals surface area contributed by atoms with E-state index in [2.05, 4.69) is 11.4 Å². The molecule has 0 aliphatic heterocycles. The van der Waals surface area contributed by atoms with Crippen molar-refractivity contribution in [2.24, 2.45) is 0 Å². The van der Waals surface area contributed by atoms with Gasteiger partial charge in [0.05, 0.1) is 12.7 Å². The van der Waals surface area contributed by atoms with Crippen LogP contribution in [0.5, 0.6) is 5.75 Å². The standard InChI is InChI=1S/C16H24N2O2/c1-3-16(13-17,18-2)10-4-12-20-15-7-5-14(6-8-15)9-11-19/h5-8,18-19H,3-4,9-12H2,1-2H3. The molecule has 0 fully saturated rings. The molecule has 0 amide bonds. The number of nitrogens with one attached hydrogen (secondary N) is 1. The Bertz CT molecular complexity index is 419. The summed E-state index contributed by atoms with van der Waals surface area (Å²) in [5.41, 5.74) is 0.665. The molecule has 4 nitrogen and oxygen atoms in total. The Kier molecular flexibility index (Phi) is 7.06. The number of hydrogen-bond donors (Lipinski definition) is 2. The molecule has 4 heteroatoms. The van der Waals surface area contributed by atoms with Gasteiger partial charge in [0.25, 0.3) is 0 Å². The summed E-state index contributed by atoms with van der Waals surface area (Å²) in [6.07, 6.45) is 3.07. The van der Waals surface area contributed by atoms with Crippen molar-refractivity contribution in [3.8, 4) is 11.8 Å². The fourth-order valence-corrected chi connectivity index (χ4v) is 2.11. The summed E-state index contributed by atoms with van der Waals surface area (Å²) in [6.45, 7) is 2.78. The lowest BCUT2D eigenvalue weighted by molar-refractivity contribution is 0.281. The van der Waals surface area contributed by atoms with Gasteiger partial charge in [-0.1, -0.05) is 19.1 Å². The highest BCUT2D eigenvalue weighted by Gasteiger charge is 2.24. The first-order valence-electron chi connectivity index (χ1n) is 7.12. The molecule has 0 saturated carbocycles. The van der Waals surface area contributed by atoms with E-state index in [0.29, 0.717) is 13.0 Å². The van der Waals surface area contributed by atoms with Crippen LogP contribution in [0.2, 0.25) is 0 Å². The molecule has 0 aliphatic rings. The number of aliphatic hydroxyl groups excluding tert-OH is 1. The van der Waals surface area contributed by atoms with Crippen molar-refractivity contribution in [2.45, 2.75) is 38.1 Å². The third-order valence-electron chi connectivity index (χ3n) is 3.64. The third-order valence-corrected chi connectivity index (χ3v) is 3.64. The van der Waals surface area contributed by atoms with Gasteiger partial charge in [-0.2, -0.15) is 5.26 Å². The van der Waals surface area contributed by atoms with Crippen LogP contribution in [-0.2, 0) is 6.42 Å². The van der Waals surface area contributed by atoms with Crippen LogP contribution in [0.3, 0.4) is 0 Å². The second kappa shape index (κ2) is 8.57. The molecule has 2 N–H and O–H groups in total. The Balaban J connectivity index is 2.35. The number of hydrogen-bond acceptors (Lipinski definition) is 4. The summed E-state index contributed by atoms with van der Waals surface area (Å²) < 4.78 is 5.67. The summed E-state index contributed by atoms with van der Waals surface area (Å²) >= 11 is 0. The van der Waals surface area contributed by atoms with Crippen LogP contribution in [-0.4, -0.2) is 30.9 Å². The average Bonchev–Trinajstić information content (AvgIpc) is 2.50. The molecule has 0 spiro atoms. The van der Waals surface area contributed by atoms with Crippen molar-refractivity contribution in [3.63, 3.8) is 0 Å². The second-order valence-electron chi connectivity index (χ2n) is 4.87. The van der Waals surface area contributed by atoms with E-state index in [1.807, 2.05) is 38.2 Å². The lowest BCUT2D eigenvalue weighted by Crippen LogP contribution is -2.41. The number of rotatable bonds is 9. The smallest absolute Gasteiger partial charge is 0.119 e. The summed E-state index contributed by atoms with van der Waals surface area (Å²) in [4.78, 5) is 0. The monoisotopic (exact) mass is 276 g/mol. The number of nitrogens with zero attached hydrogens (tertiary/aromatic N) is 1. The SMILES string of the molecule is CCC(C#N)(CCCOc1ccc(CCO)cc1)NC. The van der Waals surface area contributed by atoms with Gasteiger partial charge in [0.15, 0.2) is 0 Å². The summed E-state index contributed by atoms with van der Waals surface area (Å²) in [7, 11) is 1.83. The molecular weight excluding hydrogens is 252 g/mol. The fraction of sp³-hybridized carbons (Fsp3) is 0.562. The normalized spacial score (nSPS) is 13.5. The minimum atomic E-state index is -0.436. The molecule has 1 rings (SSSR count). The highest BCUT2D eigenvalue weighted by Crippen LogP contribution is 2.17. The van der Waals surface area contributed by atoms with Crippen LogP contribution in [0.25, 0.3) is 0 Å². The van der Waals surface area contributed by atoms with E-state index in [4.69, 9.17) is 9.84 Å². The second-order valence-corrected chi connectivity index (χ2v) is 4.87. The molecule has 0 heterocycles. The van der Waals surface area contributed by atoms with Gasteiger partial charge in [-0.3, -0.25) is 0 Å². The zero-order chi connectivity index (χ0) is 14.8. The van der Waals surface area contributed by atoms with E-state index in [0.717, 1.165) is 30.6 Å². The van der Waals surface area contributed by atoms with Crippen LogP contribution >= 0.6 is 0 Å². The molecule has 1 unspecified atom stereocenters. The van der Waals surface area contributed by atoms with Crippen molar-refractivity contribution in [2.75, 3.05) is 20.3 Å². The quantitative estimate of drug-likeness (QED) is 0.679. The van der Waals surface area contributed by atoms with E-state index in [1.165, 1.54) is 0 Å². The summed E-state index contributed by atoms with van der Waals surface area (Å²) in [5, 5.41) is 21.1. The Morgan fingerprint density at radius 3 is 2.55 bits per heavy atom. The molecule has 20 heavy (non-hydrogen) atoms. The molecule has 0 saturated heterocycles. The van der Waals surface area contributed by atoms with Gasteiger partial charge in [0.1, 0.15) is 11.3 Å². The molecule has 1 aromatic rings. The Morgan fingerprint density at radius 1 is 1.35 bits per heavy atom. The van der Waals surface area contributed by atoms with Crippen LogP contribution in [0, 0.1) is 11.3 Å². The van der Waals surface area contributed by atoms with Gasteiger partial charge in [-0.25, -0.2) is 0 Å². The van der Waals surface area contributed by atoms with Crippen LogP contribution in [0.1, 0.15) is 31.7 Å².